The van der Waals surface area contributed by atoms with Crippen molar-refractivity contribution in [2.24, 2.45) is 0 Å². The number of aromatic nitrogens is 3. The molecule has 2 aromatic carbocycles. The summed E-state index contributed by atoms with van der Waals surface area (Å²) in [6, 6.07) is 9.52. The van der Waals surface area contributed by atoms with Crippen molar-refractivity contribution in [2.75, 3.05) is 16.9 Å². The van der Waals surface area contributed by atoms with Gasteiger partial charge in [-0.2, -0.15) is 18.3 Å². The van der Waals surface area contributed by atoms with Crippen LogP contribution < -0.4 is 11.1 Å². The number of rotatable bonds is 5. The molecule has 0 saturated carbocycles. The van der Waals surface area contributed by atoms with Crippen molar-refractivity contribution in [3.05, 3.63) is 70.3 Å². The number of nitrogens with two attached hydrogens (primary N) is 1. The number of alkyl halides is 4. The topological polar surface area (TPSA) is 96.7 Å². The van der Waals surface area contributed by atoms with Gasteiger partial charge in [0.25, 0.3) is 5.91 Å². The quantitative estimate of drug-likeness (QED) is 0.306. The first kappa shape index (κ1) is 23.6. The van der Waals surface area contributed by atoms with Gasteiger partial charge in [-0.1, -0.05) is 12.1 Å². The van der Waals surface area contributed by atoms with E-state index >= 15 is 0 Å². The van der Waals surface area contributed by atoms with Crippen LogP contribution in [0.2, 0.25) is 0 Å². The van der Waals surface area contributed by atoms with Crippen LogP contribution in [0, 0.1) is 13.8 Å². The lowest BCUT2D eigenvalue weighted by molar-refractivity contribution is -0.137. The number of H-pyrrole nitrogens is 1. The molecule has 0 unspecified atom stereocenters. The van der Waals surface area contributed by atoms with E-state index in [0.717, 1.165) is 39.8 Å². The van der Waals surface area contributed by atoms with E-state index in [1.807, 2.05) is 19.9 Å². The molecule has 0 saturated heterocycles. The van der Waals surface area contributed by atoms with Gasteiger partial charge in [-0.15, -0.1) is 11.6 Å². The van der Waals surface area contributed by atoms with Gasteiger partial charge in [0, 0.05) is 22.7 Å². The fourth-order valence-corrected chi connectivity index (χ4v) is 4.11. The summed E-state index contributed by atoms with van der Waals surface area (Å²) >= 11 is 6.07. The molecule has 1 amide bonds. The highest BCUT2D eigenvalue weighted by molar-refractivity contribution is 6.18. The summed E-state index contributed by atoms with van der Waals surface area (Å²) in [4.78, 5) is 17.4. The van der Waals surface area contributed by atoms with Crippen LogP contribution in [-0.4, -0.2) is 27.0 Å². The molecular formula is C24H21ClF3N5O. The van der Waals surface area contributed by atoms with Gasteiger partial charge in [0.15, 0.2) is 11.5 Å². The van der Waals surface area contributed by atoms with Crippen molar-refractivity contribution in [3.8, 4) is 11.3 Å². The van der Waals surface area contributed by atoms with Crippen LogP contribution in [0.3, 0.4) is 0 Å². The maximum atomic E-state index is 13.0. The molecule has 0 radical (unpaired) electrons. The van der Waals surface area contributed by atoms with Crippen molar-refractivity contribution in [1.29, 1.82) is 0 Å². The van der Waals surface area contributed by atoms with E-state index in [2.05, 4.69) is 15.5 Å². The first-order valence-electron chi connectivity index (χ1n) is 10.4. The molecule has 0 spiro atoms. The molecule has 0 aliphatic rings. The molecular weight excluding hydrogens is 467 g/mol. The van der Waals surface area contributed by atoms with E-state index in [4.69, 9.17) is 22.3 Å². The van der Waals surface area contributed by atoms with E-state index in [-0.39, 0.29) is 5.56 Å². The molecule has 0 aliphatic carbocycles. The fraction of sp³-hybridized carbons (Fsp3) is 0.208. The third kappa shape index (κ3) is 4.43. The first-order valence-corrected chi connectivity index (χ1v) is 10.9. The lowest BCUT2D eigenvalue weighted by Gasteiger charge is -2.16. The van der Waals surface area contributed by atoms with Crippen molar-refractivity contribution in [3.63, 3.8) is 0 Å². The van der Waals surface area contributed by atoms with Crippen LogP contribution in [0.4, 0.5) is 24.7 Å². The predicted octanol–water partition coefficient (Wildman–Crippen LogP) is 5.88. The average Bonchev–Trinajstić information content (AvgIpc) is 3.17. The third-order valence-corrected chi connectivity index (χ3v) is 5.85. The van der Waals surface area contributed by atoms with Crippen molar-refractivity contribution in [1.82, 2.24) is 15.2 Å². The second-order valence-corrected chi connectivity index (χ2v) is 8.28. The number of nitrogen functional groups attached to an aromatic ring is 1. The number of halogens is 4. The van der Waals surface area contributed by atoms with Gasteiger partial charge >= 0.3 is 6.18 Å². The molecule has 6 nitrogen and oxygen atoms in total. The summed E-state index contributed by atoms with van der Waals surface area (Å²) in [5.74, 6) is 0.0630. The molecule has 2 heterocycles. The summed E-state index contributed by atoms with van der Waals surface area (Å²) in [6.07, 6.45) is -4.00. The number of fused-ring (bicyclic) bond motifs is 1. The van der Waals surface area contributed by atoms with Gasteiger partial charge in [0.2, 0.25) is 0 Å². The number of aryl methyl sites for hydroxylation is 2. The van der Waals surface area contributed by atoms with Crippen molar-refractivity contribution >= 4 is 40.0 Å². The summed E-state index contributed by atoms with van der Waals surface area (Å²) in [5, 5.41) is 10.3. The number of aromatic amines is 1. The SMILES string of the molecule is Cc1ccc(NC(=O)c2cccc(C(F)(F)F)c2)cc1-c1nc2[nH]nc(N)c2c(C)c1CCCl. The molecule has 0 aliphatic heterocycles. The third-order valence-electron chi connectivity index (χ3n) is 5.66. The van der Waals surface area contributed by atoms with Crippen LogP contribution in [0.15, 0.2) is 42.5 Å². The second-order valence-electron chi connectivity index (χ2n) is 7.90. The number of carbonyl (C=O) groups is 1. The van der Waals surface area contributed by atoms with E-state index in [1.165, 1.54) is 12.1 Å². The summed E-state index contributed by atoms with van der Waals surface area (Å²) in [5.41, 5.74) is 10.1. The molecule has 4 rings (SSSR count). The Labute approximate surface area is 198 Å². The maximum absolute atomic E-state index is 13.0. The number of hydrogen-bond donors (Lipinski definition) is 3. The van der Waals surface area contributed by atoms with Crippen LogP contribution in [0.25, 0.3) is 22.3 Å². The zero-order valence-corrected chi connectivity index (χ0v) is 19.1. The Balaban J connectivity index is 1.74. The van der Waals surface area contributed by atoms with Gasteiger partial charge in [0.1, 0.15) is 0 Å². The Hall–Kier alpha value is -3.59. The number of nitrogens with zero attached hydrogens (tertiary/aromatic N) is 2. The minimum Gasteiger partial charge on any atom is -0.382 e. The van der Waals surface area contributed by atoms with Gasteiger partial charge in [-0.05, 0) is 67.3 Å². The molecule has 0 fully saturated rings. The molecule has 0 atom stereocenters. The fourth-order valence-electron chi connectivity index (χ4n) is 3.92. The molecule has 0 bridgehead atoms. The Bertz CT molecular complexity index is 1400. The van der Waals surface area contributed by atoms with Gasteiger partial charge in [-0.3, -0.25) is 9.89 Å². The maximum Gasteiger partial charge on any atom is 0.416 e. The highest BCUT2D eigenvalue weighted by atomic mass is 35.5. The normalized spacial score (nSPS) is 11.7. The smallest absolute Gasteiger partial charge is 0.382 e. The lowest BCUT2D eigenvalue weighted by Crippen LogP contribution is -2.14. The van der Waals surface area contributed by atoms with Crippen molar-refractivity contribution < 1.29 is 18.0 Å². The molecule has 4 aromatic rings. The highest BCUT2D eigenvalue weighted by Crippen LogP contribution is 2.35. The lowest BCUT2D eigenvalue weighted by atomic mass is 9.94. The standard InChI is InChI=1S/C24H21ClF3N5O/c1-12-6-7-16(30-23(34)14-4-3-5-15(10-14)24(26,27)28)11-18(12)20-17(8-9-25)13(2)19-21(29)32-33-22(19)31-20/h3-7,10-11H,8-9H2,1-2H3,(H,30,34)(H3,29,31,32,33). The Morgan fingerprint density at radius 3 is 2.65 bits per heavy atom. The molecule has 34 heavy (non-hydrogen) atoms. The number of carbonyl (C=O) groups excluding carboxylic acids is 1. The second kappa shape index (κ2) is 8.98. The number of amides is 1. The van der Waals surface area contributed by atoms with Crippen LogP contribution >= 0.6 is 11.6 Å². The predicted molar refractivity (Wildman–Crippen MR) is 127 cm³/mol. The Morgan fingerprint density at radius 1 is 1.18 bits per heavy atom. The number of benzene rings is 2. The minimum absolute atomic E-state index is 0.0943. The number of anilines is 2. The largest absolute Gasteiger partial charge is 0.416 e. The van der Waals surface area contributed by atoms with Gasteiger partial charge < -0.3 is 11.1 Å². The van der Waals surface area contributed by atoms with Crippen molar-refractivity contribution in [2.45, 2.75) is 26.4 Å². The molecule has 176 valence electrons. The van der Waals surface area contributed by atoms with Gasteiger partial charge in [-0.25, -0.2) is 4.98 Å². The number of nitrogens with one attached hydrogen (secondary N) is 2. The van der Waals surface area contributed by atoms with Crippen LogP contribution in [0.1, 0.15) is 32.6 Å². The number of hydrogen-bond acceptors (Lipinski definition) is 4. The van der Waals surface area contributed by atoms with E-state index in [0.29, 0.717) is 35.1 Å². The molecule has 4 N–H and O–H groups in total. The summed E-state index contributed by atoms with van der Waals surface area (Å²) in [6.45, 7) is 3.83. The van der Waals surface area contributed by atoms with E-state index < -0.39 is 17.6 Å². The highest BCUT2D eigenvalue weighted by Gasteiger charge is 2.31. The van der Waals surface area contributed by atoms with Crippen LogP contribution in [-0.2, 0) is 12.6 Å². The van der Waals surface area contributed by atoms with E-state index in [9.17, 15) is 18.0 Å². The van der Waals surface area contributed by atoms with E-state index in [1.54, 1.807) is 12.1 Å². The summed E-state index contributed by atoms with van der Waals surface area (Å²) < 4.78 is 39.1. The Kier molecular flexibility index (Phi) is 6.22. The average molecular weight is 488 g/mol. The zero-order chi connectivity index (χ0) is 24.6. The van der Waals surface area contributed by atoms with Crippen LogP contribution in [0.5, 0.6) is 0 Å². The first-order chi connectivity index (χ1) is 16.1. The zero-order valence-electron chi connectivity index (χ0n) is 18.3. The monoisotopic (exact) mass is 487 g/mol. The minimum atomic E-state index is -4.54. The summed E-state index contributed by atoms with van der Waals surface area (Å²) in [7, 11) is 0. The van der Waals surface area contributed by atoms with Gasteiger partial charge in [0.05, 0.1) is 16.6 Å². The molecule has 10 heteroatoms. The Morgan fingerprint density at radius 2 is 1.94 bits per heavy atom. The molecule has 2 aromatic heterocycles. The number of pyridine rings is 1.